The fraction of sp³-hybridized carbons (Fsp3) is 0.875. The molecule has 2 bridgehead atoms. The third kappa shape index (κ3) is 1.03. The first kappa shape index (κ1) is 7.10. The number of hydrogen-bond donors (Lipinski definition) is 2. The predicted octanol–water partition coefficient (Wildman–Crippen LogP) is -0.127. The molecule has 2 aliphatic rings. The summed E-state index contributed by atoms with van der Waals surface area (Å²) in [6, 6.07) is 1.10. The molecule has 62 valence electrons. The number of carbonyl (C=O) groups is 1. The quantitative estimate of drug-likeness (QED) is 0.552. The molecule has 3 heteroatoms. The molecule has 2 heterocycles. The first-order valence-corrected chi connectivity index (χ1v) is 4.29. The molecule has 0 aromatic heterocycles. The molecule has 2 saturated heterocycles. The highest BCUT2D eigenvalue weighted by Crippen LogP contribution is 2.32. The number of hydrogen-bond acceptors (Lipinski definition) is 2. The van der Waals surface area contributed by atoms with Crippen molar-refractivity contribution < 1.29 is 4.79 Å². The second-order valence-corrected chi connectivity index (χ2v) is 3.50. The molecule has 2 rings (SSSR count). The Balaban J connectivity index is 2.02. The molecule has 3 nitrogen and oxygen atoms in total. The zero-order valence-corrected chi connectivity index (χ0v) is 6.76. The summed E-state index contributed by atoms with van der Waals surface area (Å²) in [7, 11) is 1.72. The van der Waals surface area contributed by atoms with Crippen LogP contribution >= 0.6 is 0 Å². The minimum atomic E-state index is 0.213. The van der Waals surface area contributed by atoms with E-state index >= 15 is 0 Å². The van der Waals surface area contributed by atoms with E-state index in [1.54, 1.807) is 7.05 Å². The lowest BCUT2D eigenvalue weighted by molar-refractivity contribution is -0.125. The van der Waals surface area contributed by atoms with Crippen molar-refractivity contribution in [2.24, 2.45) is 5.92 Å². The van der Waals surface area contributed by atoms with Gasteiger partial charge in [0, 0.05) is 19.1 Å². The summed E-state index contributed by atoms with van der Waals surface area (Å²) in [5, 5.41) is 6.15. The molecule has 11 heavy (non-hydrogen) atoms. The molecule has 0 radical (unpaired) electrons. The second kappa shape index (κ2) is 2.48. The smallest absolute Gasteiger partial charge is 0.224 e. The van der Waals surface area contributed by atoms with E-state index < -0.39 is 0 Å². The second-order valence-electron chi connectivity index (χ2n) is 3.50. The molecule has 0 aliphatic carbocycles. The van der Waals surface area contributed by atoms with Crippen LogP contribution in [0.25, 0.3) is 0 Å². The Labute approximate surface area is 66.5 Å². The molecule has 1 amide bonds. The molecule has 2 N–H and O–H groups in total. The lowest BCUT2D eigenvalue weighted by Crippen LogP contribution is -2.35. The molecular formula is C8H14N2O. The molecule has 2 fully saturated rings. The zero-order chi connectivity index (χ0) is 7.84. The Kier molecular flexibility index (Phi) is 1.60. The van der Waals surface area contributed by atoms with Crippen molar-refractivity contribution in [2.45, 2.75) is 31.3 Å². The third-order valence-corrected chi connectivity index (χ3v) is 2.88. The van der Waals surface area contributed by atoms with Crippen molar-refractivity contribution in [3.63, 3.8) is 0 Å². The highest BCUT2D eigenvalue weighted by atomic mass is 16.1. The summed E-state index contributed by atoms with van der Waals surface area (Å²) in [6.45, 7) is 0. The van der Waals surface area contributed by atoms with Crippen LogP contribution in [-0.2, 0) is 4.79 Å². The molecule has 2 aliphatic heterocycles. The molecule has 3 atom stereocenters. The van der Waals surface area contributed by atoms with Crippen LogP contribution in [0.15, 0.2) is 0 Å². The standard InChI is InChI=1S/C8H14N2O/c1-9-8(11)6-4-5-2-3-7(6)10-5/h5-7,10H,2-4H2,1H3,(H,9,11)/t5-,6+,7+/m0/s1. The van der Waals surface area contributed by atoms with E-state index in [2.05, 4.69) is 10.6 Å². The number of nitrogens with one attached hydrogen (secondary N) is 2. The molecule has 0 aromatic carbocycles. The van der Waals surface area contributed by atoms with Gasteiger partial charge in [-0.2, -0.15) is 0 Å². The monoisotopic (exact) mass is 154 g/mol. The fourth-order valence-electron chi connectivity index (χ4n) is 2.30. The van der Waals surface area contributed by atoms with Crippen molar-refractivity contribution >= 4 is 5.91 Å². The van der Waals surface area contributed by atoms with Crippen molar-refractivity contribution in [1.29, 1.82) is 0 Å². The van der Waals surface area contributed by atoms with Crippen LogP contribution < -0.4 is 10.6 Å². The number of carbonyl (C=O) groups excluding carboxylic acids is 1. The van der Waals surface area contributed by atoms with Crippen molar-refractivity contribution in [3.05, 3.63) is 0 Å². The summed E-state index contributed by atoms with van der Waals surface area (Å²) in [5.74, 6) is 0.462. The number of rotatable bonds is 1. The Bertz CT molecular complexity index is 181. The van der Waals surface area contributed by atoms with Gasteiger partial charge in [-0.15, -0.1) is 0 Å². The van der Waals surface area contributed by atoms with Crippen LogP contribution in [-0.4, -0.2) is 25.0 Å². The van der Waals surface area contributed by atoms with Crippen LogP contribution in [0.5, 0.6) is 0 Å². The maximum absolute atomic E-state index is 11.3. The molecular weight excluding hydrogens is 140 g/mol. The van der Waals surface area contributed by atoms with E-state index in [9.17, 15) is 4.79 Å². The van der Waals surface area contributed by atoms with Crippen LogP contribution in [0.3, 0.4) is 0 Å². The SMILES string of the molecule is CNC(=O)[C@@H]1C[C@@H]2CC[C@H]1N2. The highest BCUT2D eigenvalue weighted by molar-refractivity contribution is 5.79. The van der Waals surface area contributed by atoms with Gasteiger partial charge in [-0.1, -0.05) is 0 Å². The van der Waals surface area contributed by atoms with E-state index in [4.69, 9.17) is 0 Å². The van der Waals surface area contributed by atoms with Crippen LogP contribution in [0.4, 0.5) is 0 Å². The minimum absolute atomic E-state index is 0.213. The predicted molar refractivity (Wildman–Crippen MR) is 42.1 cm³/mol. The lowest BCUT2D eigenvalue weighted by atomic mass is 9.89. The summed E-state index contributed by atoms with van der Waals surface area (Å²) in [4.78, 5) is 11.3. The Morgan fingerprint density at radius 1 is 1.55 bits per heavy atom. The van der Waals surface area contributed by atoms with Gasteiger partial charge in [-0.05, 0) is 19.3 Å². The van der Waals surface area contributed by atoms with Crippen LogP contribution in [0.1, 0.15) is 19.3 Å². The first-order chi connectivity index (χ1) is 5.31. The van der Waals surface area contributed by atoms with Gasteiger partial charge in [0.15, 0.2) is 0 Å². The molecule has 0 aromatic rings. The van der Waals surface area contributed by atoms with Crippen LogP contribution in [0.2, 0.25) is 0 Å². The summed E-state index contributed by atoms with van der Waals surface area (Å²) >= 11 is 0. The van der Waals surface area contributed by atoms with E-state index in [-0.39, 0.29) is 11.8 Å². The molecule has 0 saturated carbocycles. The fourth-order valence-corrected chi connectivity index (χ4v) is 2.30. The number of fused-ring (bicyclic) bond motifs is 2. The summed E-state index contributed by atoms with van der Waals surface area (Å²) in [6.07, 6.45) is 3.49. The van der Waals surface area contributed by atoms with Gasteiger partial charge in [0.2, 0.25) is 5.91 Å². The maximum atomic E-state index is 11.3. The zero-order valence-electron chi connectivity index (χ0n) is 6.76. The highest BCUT2D eigenvalue weighted by Gasteiger charge is 2.42. The van der Waals surface area contributed by atoms with Crippen molar-refractivity contribution in [1.82, 2.24) is 10.6 Å². The average molecular weight is 154 g/mol. The largest absolute Gasteiger partial charge is 0.359 e. The van der Waals surface area contributed by atoms with Gasteiger partial charge in [0.05, 0.1) is 5.92 Å². The van der Waals surface area contributed by atoms with Gasteiger partial charge in [0.1, 0.15) is 0 Å². The van der Waals surface area contributed by atoms with Crippen molar-refractivity contribution in [2.75, 3.05) is 7.05 Å². The normalized spacial score (nSPS) is 41.0. The topological polar surface area (TPSA) is 41.1 Å². The Hall–Kier alpha value is -0.570. The van der Waals surface area contributed by atoms with E-state index in [1.807, 2.05) is 0 Å². The van der Waals surface area contributed by atoms with Gasteiger partial charge in [-0.25, -0.2) is 0 Å². The first-order valence-electron chi connectivity index (χ1n) is 4.29. The van der Waals surface area contributed by atoms with E-state index in [0.717, 1.165) is 6.42 Å². The molecule has 0 unspecified atom stereocenters. The maximum Gasteiger partial charge on any atom is 0.224 e. The summed E-state index contributed by atoms with van der Waals surface area (Å²) < 4.78 is 0. The lowest BCUT2D eigenvalue weighted by Gasteiger charge is -2.17. The minimum Gasteiger partial charge on any atom is -0.359 e. The van der Waals surface area contributed by atoms with Gasteiger partial charge in [0.25, 0.3) is 0 Å². The summed E-state index contributed by atoms with van der Waals surface area (Å²) in [5.41, 5.74) is 0. The third-order valence-electron chi connectivity index (χ3n) is 2.88. The Morgan fingerprint density at radius 3 is 2.82 bits per heavy atom. The van der Waals surface area contributed by atoms with Crippen LogP contribution in [0, 0.1) is 5.92 Å². The van der Waals surface area contributed by atoms with Gasteiger partial charge < -0.3 is 10.6 Å². The van der Waals surface area contributed by atoms with Crippen molar-refractivity contribution in [3.8, 4) is 0 Å². The van der Waals surface area contributed by atoms with E-state index in [0.29, 0.717) is 12.1 Å². The van der Waals surface area contributed by atoms with E-state index in [1.165, 1.54) is 12.8 Å². The number of amides is 1. The van der Waals surface area contributed by atoms with Gasteiger partial charge in [-0.3, -0.25) is 4.79 Å². The van der Waals surface area contributed by atoms with Gasteiger partial charge >= 0.3 is 0 Å². The average Bonchev–Trinajstić information content (AvgIpc) is 2.62. The molecule has 0 spiro atoms. The Morgan fingerprint density at radius 2 is 2.36 bits per heavy atom.